The second-order valence-corrected chi connectivity index (χ2v) is 5.38. The van der Waals surface area contributed by atoms with E-state index in [0.29, 0.717) is 13.0 Å². The fourth-order valence-corrected chi connectivity index (χ4v) is 2.03. The van der Waals surface area contributed by atoms with Crippen molar-refractivity contribution in [3.8, 4) is 0 Å². The summed E-state index contributed by atoms with van der Waals surface area (Å²) in [4.78, 5) is 25.1. The maximum Gasteiger partial charge on any atom is 0.329 e. The van der Waals surface area contributed by atoms with Crippen LogP contribution in [0.25, 0.3) is 0 Å². The van der Waals surface area contributed by atoms with Gasteiger partial charge in [0.2, 0.25) is 5.91 Å². The number of rotatable bonds is 3. The van der Waals surface area contributed by atoms with Crippen molar-refractivity contribution in [3.63, 3.8) is 0 Å². The van der Waals surface area contributed by atoms with Crippen LogP contribution in [0, 0.1) is 5.41 Å². The molecule has 1 unspecified atom stereocenters. The molecule has 0 aromatic rings. The van der Waals surface area contributed by atoms with Gasteiger partial charge in [-0.3, -0.25) is 4.79 Å². The lowest BCUT2D eigenvalue weighted by Crippen LogP contribution is -2.54. The van der Waals surface area contributed by atoms with Crippen molar-refractivity contribution in [2.45, 2.75) is 52.5 Å². The molecule has 1 saturated heterocycles. The van der Waals surface area contributed by atoms with Crippen LogP contribution in [0.5, 0.6) is 0 Å². The third kappa shape index (κ3) is 1.93. The Kier molecular flexibility index (Phi) is 3.31. The third-order valence-corrected chi connectivity index (χ3v) is 3.81. The highest BCUT2D eigenvalue weighted by atomic mass is 16.4. The number of hydrogen-bond acceptors (Lipinski definition) is 2. The van der Waals surface area contributed by atoms with Crippen molar-refractivity contribution in [2.75, 3.05) is 6.54 Å². The summed E-state index contributed by atoms with van der Waals surface area (Å²) in [5.74, 6) is -0.942. The van der Waals surface area contributed by atoms with Gasteiger partial charge in [0.25, 0.3) is 0 Å². The van der Waals surface area contributed by atoms with Gasteiger partial charge in [0.1, 0.15) is 5.54 Å². The lowest BCUT2D eigenvalue weighted by Gasteiger charge is -2.36. The van der Waals surface area contributed by atoms with Gasteiger partial charge in [-0.15, -0.1) is 0 Å². The van der Waals surface area contributed by atoms with E-state index in [4.69, 9.17) is 0 Å². The predicted molar refractivity (Wildman–Crippen MR) is 61.1 cm³/mol. The van der Waals surface area contributed by atoms with Gasteiger partial charge in [-0.05, 0) is 26.2 Å². The molecule has 0 aliphatic carbocycles. The van der Waals surface area contributed by atoms with Crippen LogP contribution in [0.2, 0.25) is 0 Å². The fourth-order valence-electron chi connectivity index (χ4n) is 2.03. The quantitative estimate of drug-likeness (QED) is 0.801. The molecule has 16 heavy (non-hydrogen) atoms. The molecule has 1 aliphatic heterocycles. The highest BCUT2D eigenvalue weighted by Gasteiger charge is 2.48. The SMILES string of the molecule is CCC(C)(C)C(=O)N1CCCC1(C)C(=O)O. The van der Waals surface area contributed by atoms with Gasteiger partial charge in [-0.1, -0.05) is 20.8 Å². The van der Waals surface area contributed by atoms with Crippen LogP contribution >= 0.6 is 0 Å². The highest BCUT2D eigenvalue weighted by Crippen LogP contribution is 2.34. The van der Waals surface area contributed by atoms with E-state index in [-0.39, 0.29) is 5.91 Å². The minimum atomic E-state index is -1.01. The van der Waals surface area contributed by atoms with Crippen molar-refractivity contribution >= 4 is 11.9 Å². The zero-order valence-corrected chi connectivity index (χ0v) is 10.5. The van der Waals surface area contributed by atoms with Gasteiger partial charge in [-0.25, -0.2) is 4.79 Å². The summed E-state index contributed by atoms with van der Waals surface area (Å²) in [6, 6.07) is 0. The molecule has 1 rings (SSSR count). The number of hydrogen-bond donors (Lipinski definition) is 1. The molecule has 1 heterocycles. The standard InChI is InChI=1S/C12H21NO3/c1-5-11(2,3)9(14)13-8-6-7-12(13,4)10(15)16/h5-8H2,1-4H3,(H,15,16). The molecule has 4 heteroatoms. The van der Waals surface area contributed by atoms with Gasteiger partial charge < -0.3 is 10.0 Å². The Morgan fingerprint density at radius 3 is 2.44 bits per heavy atom. The van der Waals surface area contributed by atoms with E-state index in [1.54, 1.807) is 11.8 Å². The zero-order chi connectivity index (χ0) is 12.6. The van der Waals surface area contributed by atoms with Gasteiger partial charge in [-0.2, -0.15) is 0 Å². The third-order valence-electron chi connectivity index (χ3n) is 3.81. The summed E-state index contributed by atoms with van der Waals surface area (Å²) in [5, 5.41) is 9.24. The monoisotopic (exact) mass is 227 g/mol. The van der Waals surface area contributed by atoms with Crippen LogP contribution in [0.4, 0.5) is 0 Å². The number of carboxylic acid groups (broad SMARTS) is 1. The maximum atomic E-state index is 12.3. The minimum absolute atomic E-state index is 0.0441. The fraction of sp³-hybridized carbons (Fsp3) is 0.833. The lowest BCUT2D eigenvalue weighted by atomic mass is 9.86. The predicted octanol–water partition coefficient (Wildman–Crippen LogP) is 1.89. The highest BCUT2D eigenvalue weighted by molar-refractivity contribution is 5.90. The average Bonchev–Trinajstić information content (AvgIpc) is 2.60. The van der Waals surface area contributed by atoms with E-state index < -0.39 is 16.9 Å². The molecule has 0 aromatic carbocycles. The first-order valence-electron chi connectivity index (χ1n) is 5.81. The first-order valence-corrected chi connectivity index (χ1v) is 5.81. The molecule has 1 atom stereocenters. The van der Waals surface area contributed by atoms with Crippen molar-refractivity contribution < 1.29 is 14.7 Å². The Balaban J connectivity index is 2.97. The van der Waals surface area contributed by atoms with Crippen molar-refractivity contribution in [1.29, 1.82) is 0 Å². The number of likely N-dealkylation sites (tertiary alicyclic amines) is 1. The lowest BCUT2D eigenvalue weighted by molar-refractivity contribution is -0.159. The summed E-state index contributed by atoms with van der Waals surface area (Å²) in [7, 11) is 0. The molecular weight excluding hydrogens is 206 g/mol. The first-order chi connectivity index (χ1) is 7.25. The van der Waals surface area contributed by atoms with E-state index in [1.807, 2.05) is 20.8 Å². The number of carboxylic acids is 1. The molecule has 0 spiro atoms. The molecule has 1 aliphatic rings. The van der Waals surface area contributed by atoms with Crippen molar-refractivity contribution in [3.05, 3.63) is 0 Å². The van der Waals surface area contributed by atoms with E-state index in [0.717, 1.165) is 12.8 Å². The molecule has 0 saturated carbocycles. The van der Waals surface area contributed by atoms with Crippen LogP contribution in [-0.2, 0) is 9.59 Å². The topological polar surface area (TPSA) is 57.6 Å². The molecule has 1 amide bonds. The summed E-state index contributed by atoms with van der Waals surface area (Å²) in [5.41, 5.74) is -1.48. The van der Waals surface area contributed by atoms with E-state index in [9.17, 15) is 14.7 Å². The minimum Gasteiger partial charge on any atom is -0.480 e. The van der Waals surface area contributed by atoms with Crippen molar-refractivity contribution in [1.82, 2.24) is 4.90 Å². The van der Waals surface area contributed by atoms with Gasteiger partial charge in [0, 0.05) is 12.0 Å². The zero-order valence-electron chi connectivity index (χ0n) is 10.5. The van der Waals surface area contributed by atoms with E-state index in [1.165, 1.54) is 0 Å². The normalized spacial score (nSPS) is 25.9. The molecule has 1 fully saturated rings. The molecular formula is C12H21NO3. The Hall–Kier alpha value is -1.06. The largest absolute Gasteiger partial charge is 0.480 e. The first kappa shape index (κ1) is 13.0. The number of carbonyl (C=O) groups is 2. The van der Waals surface area contributed by atoms with Crippen LogP contribution < -0.4 is 0 Å². The Morgan fingerprint density at radius 1 is 1.44 bits per heavy atom. The van der Waals surface area contributed by atoms with E-state index in [2.05, 4.69) is 0 Å². The molecule has 4 nitrogen and oxygen atoms in total. The molecule has 1 N–H and O–H groups in total. The maximum absolute atomic E-state index is 12.3. The summed E-state index contributed by atoms with van der Waals surface area (Å²) in [6.07, 6.45) is 2.04. The number of carbonyl (C=O) groups excluding carboxylic acids is 1. The van der Waals surface area contributed by atoms with Gasteiger partial charge in [0.15, 0.2) is 0 Å². The van der Waals surface area contributed by atoms with Crippen molar-refractivity contribution in [2.24, 2.45) is 5.41 Å². The number of aliphatic carboxylic acids is 1. The summed E-state index contributed by atoms with van der Waals surface area (Å²) in [6.45, 7) is 7.90. The average molecular weight is 227 g/mol. The molecule has 0 radical (unpaired) electrons. The molecule has 92 valence electrons. The smallest absolute Gasteiger partial charge is 0.329 e. The second-order valence-electron chi connectivity index (χ2n) is 5.38. The van der Waals surface area contributed by atoms with E-state index >= 15 is 0 Å². The van der Waals surface area contributed by atoms with Crippen LogP contribution in [-0.4, -0.2) is 34.0 Å². The summed E-state index contributed by atoms with van der Waals surface area (Å²) >= 11 is 0. The second kappa shape index (κ2) is 4.07. The summed E-state index contributed by atoms with van der Waals surface area (Å²) < 4.78 is 0. The Morgan fingerprint density at radius 2 is 2.00 bits per heavy atom. The van der Waals surface area contributed by atoms with Crippen LogP contribution in [0.15, 0.2) is 0 Å². The molecule has 0 aromatic heterocycles. The van der Waals surface area contributed by atoms with Crippen LogP contribution in [0.3, 0.4) is 0 Å². The Bertz CT molecular complexity index is 311. The Labute approximate surface area is 96.6 Å². The van der Waals surface area contributed by atoms with Crippen LogP contribution in [0.1, 0.15) is 47.0 Å². The van der Waals surface area contributed by atoms with Gasteiger partial charge >= 0.3 is 5.97 Å². The van der Waals surface area contributed by atoms with Gasteiger partial charge in [0.05, 0.1) is 0 Å². The number of nitrogens with zero attached hydrogens (tertiary/aromatic N) is 1. The number of amides is 1. The molecule has 0 bridgehead atoms.